The number of ether oxygens (including phenoxy) is 2. The van der Waals surface area contributed by atoms with Crippen molar-refractivity contribution in [3.63, 3.8) is 0 Å². The molecule has 1 fully saturated rings. The summed E-state index contributed by atoms with van der Waals surface area (Å²) in [7, 11) is 3.35. The van der Waals surface area contributed by atoms with Crippen molar-refractivity contribution in [3.8, 4) is 22.8 Å². The van der Waals surface area contributed by atoms with Gasteiger partial charge in [0.05, 0.1) is 19.9 Å². The first kappa shape index (κ1) is 30.7. The fraction of sp³-hybridized carbons (Fsp3) is 0.306. The van der Waals surface area contributed by atoms with Gasteiger partial charge in [-0.1, -0.05) is 35.9 Å². The van der Waals surface area contributed by atoms with Crippen LogP contribution in [-0.2, 0) is 19.5 Å². The van der Waals surface area contributed by atoms with Gasteiger partial charge >= 0.3 is 0 Å². The van der Waals surface area contributed by atoms with Gasteiger partial charge in [0.2, 0.25) is 11.9 Å². The molecule has 0 saturated carbocycles. The summed E-state index contributed by atoms with van der Waals surface area (Å²) < 4.78 is 10.7. The van der Waals surface area contributed by atoms with Crippen LogP contribution in [0.5, 0.6) is 11.5 Å². The Kier molecular flexibility index (Phi) is 9.01. The molecule has 0 aliphatic carbocycles. The summed E-state index contributed by atoms with van der Waals surface area (Å²) in [5.41, 5.74) is 6.06. The number of pyridine rings is 1. The number of halogens is 1. The second-order valence-corrected chi connectivity index (χ2v) is 12.2. The fourth-order valence-corrected chi connectivity index (χ4v) is 6.40. The summed E-state index contributed by atoms with van der Waals surface area (Å²) in [6.07, 6.45) is 9.82. The summed E-state index contributed by atoms with van der Waals surface area (Å²) in [6, 6.07) is 20.0. The number of nitrogens with zero attached hydrogens (tertiary/aromatic N) is 8. The first-order valence-corrected chi connectivity index (χ1v) is 16.3. The van der Waals surface area contributed by atoms with Crippen LogP contribution in [0.25, 0.3) is 11.3 Å². The van der Waals surface area contributed by atoms with Crippen LogP contribution in [0, 0.1) is 0 Å². The lowest BCUT2D eigenvalue weighted by Gasteiger charge is -2.28. The minimum absolute atomic E-state index is 0.458. The Morgan fingerprint density at radius 1 is 0.766 bits per heavy atom. The topological polar surface area (TPSA) is 92.6 Å². The van der Waals surface area contributed by atoms with Crippen LogP contribution < -0.4 is 24.2 Å². The number of fused-ring (bicyclic) bond motifs is 1. The zero-order chi connectivity index (χ0) is 32.2. The summed E-state index contributed by atoms with van der Waals surface area (Å²) in [5, 5.41) is 0.458. The summed E-state index contributed by atoms with van der Waals surface area (Å²) in [6.45, 7) is 3.92. The van der Waals surface area contributed by atoms with Crippen LogP contribution in [0.4, 0.5) is 23.4 Å². The predicted molar refractivity (Wildman–Crippen MR) is 185 cm³/mol. The second-order valence-electron chi connectivity index (χ2n) is 11.8. The van der Waals surface area contributed by atoms with Gasteiger partial charge in [-0.25, -0.2) is 19.9 Å². The molecule has 0 N–H and O–H groups in total. The quantitative estimate of drug-likeness (QED) is 0.149. The van der Waals surface area contributed by atoms with E-state index in [1.807, 2.05) is 48.8 Å². The third kappa shape index (κ3) is 6.78. The molecule has 2 aliphatic heterocycles. The van der Waals surface area contributed by atoms with Crippen molar-refractivity contribution in [1.29, 1.82) is 0 Å². The Hall–Kier alpha value is -4.96. The van der Waals surface area contributed by atoms with Crippen LogP contribution in [0.15, 0.2) is 79.3 Å². The highest BCUT2D eigenvalue weighted by molar-refractivity contribution is 6.29. The number of piperidine rings is 1. The van der Waals surface area contributed by atoms with E-state index in [0.29, 0.717) is 24.2 Å². The maximum Gasteiger partial charge on any atom is 0.227 e. The van der Waals surface area contributed by atoms with Gasteiger partial charge in [-0.15, -0.1) is 0 Å². The van der Waals surface area contributed by atoms with Gasteiger partial charge in [0, 0.05) is 68.1 Å². The molecule has 0 atom stereocenters. The molecule has 0 bridgehead atoms. The fourth-order valence-electron chi connectivity index (χ4n) is 6.24. The molecule has 0 radical (unpaired) electrons. The highest BCUT2D eigenvalue weighted by Gasteiger charge is 2.29. The first-order valence-electron chi connectivity index (χ1n) is 16.0. The van der Waals surface area contributed by atoms with Crippen molar-refractivity contribution in [2.45, 2.75) is 38.8 Å². The summed E-state index contributed by atoms with van der Waals surface area (Å²) in [5.74, 6) is 3.93. The Labute approximate surface area is 280 Å². The third-order valence-corrected chi connectivity index (χ3v) is 8.94. The van der Waals surface area contributed by atoms with Gasteiger partial charge < -0.3 is 24.2 Å². The Morgan fingerprint density at radius 3 is 2.00 bits per heavy atom. The van der Waals surface area contributed by atoms with E-state index < -0.39 is 0 Å². The molecular weight excluding hydrogens is 612 g/mol. The van der Waals surface area contributed by atoms with Crippen molar-refractivity contribution in [1.82, 2.24) is 24.9 Å². The molecule has 3 aromatic heterocycles. The highest BCUT2D eigenvalue weighted by atomic mass is 35.5. The van der Waals surface area contributed by atoms with E-state index in [4.69, 9.17) is 41.0 Å². The maximum absolute atomic E-state index is 6.29. The molecule has 1 saturated heterocycles. The van der Waals surface area contributed by atoms with Crippen LogP contribution in [0.3, 0.4) is 0 Å². The molecule has 47 heavy (non-hydrogen) atoms. The molecule has 0 spiro atoms. The minimum atomic E-state index is 0.458. The minimum Gasteiger partial charge on any atom is -0.497 e. The lowest BCUT2D eigenvalue weighted by molar-refractivity contribution is 0.414. The van der Waals surface area contributed by atoms with Crippen molar-refractivity contribution in [2.75, 3.05) is 48.6 Å². The predicted octanol–water partition coefficient (Wildman–Crippen LogP) is 6.89. The molecule has 0 amide bonds. The van der Waals surface area contributed by atoms with Gasteiger partial charge in [0.25, 0.3) is 0 Å². The lowest BCUT2D eigenvalue weighted by atomic mass is 10.1. The van der Waals surface area contributed by atoms with Crippen LogP contribution >= 0.6 is 11.6 Å². The van der Waals surface area contributed by atoms with Gasteiger partial charge in [0.1, 0.15) is 22.5 Å². The van der Waals surface area contributed by atoms with E-state index in [9.17, 15) is 0 Å². The SMILES string of the molecule is COc1ccc(CN(Cc2ccc(OC)cc2)c2ncc(-c3nc(N4CCCCC4)nc4c3CCN4c3ccnc(Cl)c3)cn2)cc1. The Bertz CT molecular complexity index is 1760. The van der Waals surface area contributed by atoms with Crippen molar-refractivity contribution >= 4 is 35.0 Å². The van der Waals surface area contributed by atoms with Crippen LogP contribution in [0.1, 0.15) is 36.0 Å². The Morgan fingerprint density at radius 2 is 1.40 bits per heavy atom. The zero-order valence-electron chi connectivity index (χ0n) is 26.6. The second kappa shape index (κ2) is 13.8. The van der Waals surface area contributed by atoms with Crippen molar-refractivity contribution in [2.24, 2.45) is 0 Å². The Balaban J connectivity index is 1.23. The van der Waals surface area contributed by atoms with Gasteiger partial charge in [-0.05, 0) is 73.2 Å². The van der Waals surface area contributed by atoms with Crippen LogP contribution in [-0.4, -0.2) is 58.8 Å². The summed E-state index contributed by atoms with van der Waals surface area (Å²) >= 11 is 6.29. The van der Waals surface area contributed by atoms with E-state index >= 15 is 0 Å². The van der Waals surface area contributed by atoms with E-state index in [-0.39, 0.29) is 0 Å². The van der Waals surface area contributed by atoms with Gasteiger partial charge in [0.15, 0.2) is 0 Å². The molecule has 7 rings (SSSR count). The highest BCUT2D eigenvalue weighted by Crippen LogP contribution is 2.40. The molecule has 2 aromatic carbocycles. The first-order chi connectivity index (χ1) is 23.1. The standard InChI is InChI=1S/C36H37ClN8O2/c1-46-29-10-6-25(7-11-29)23-44(24-26-8-12-30(47-2)13-9-26)35-39-21-27(22-40-35)33-31-15-19-45(28-14-16-38-32(37)20-28)34(31)42-36(41-33)43-17-4-3-5-18-43/h6-14,16,20-22H,3-5,15,17-19,23-24H2,1-2H3. The summed E-state index contributed by atoms with van der Waals surface area (Å²) in [4.78, 5) is 31.0. The monoisotopic (exact) mass is 648 g/mol. The third-order valence-electron chi connectivity index (χ3n) is 8.73. The normalized spacial score (nSPS) is 14.2. The maximum atomic E-state index is 6.29. The zero-order valence-corrected chi connectivity index (χ0v) is 27.4. The number of benzene rings is 2. The molecule has 2 aliphatic rings. The van der Waals surface area contributed by atoms with Gasteiger partial charge in [-0.3, -0.25) is 0 Å². The molecule has 11 heteroatoms. The number of hydrogen-bond donors (Lipinski definition) is 0. The van der Waals surface area contributed by atoms with E-state index in [2.05, 4.69) is 43.9 Å². The average Bonchev–Trinajstić information content (AvgIpc) is 3.56. The number of rotatable bonds is 10. The van der Waals surface area contributed by atoms with Gasteiger partial charge in [-0.2, -0.15) is 4.98 Å². The number of methoxy groups -OCH3 is 2. The number of anilines is 4. The van der Waals surface area contributed by atoms with E-state index in [1.54, 1.807) is 20.4 Å². The largest absolute Gasteiger partial charge is 0.497 e. The molecule has 5 aromatic rings. The molecular formula is C36H37ClN8O2. The number of aromatic nitrogens is 5. The van der Waals surface area contributed by atoms with Crippen molar-refractivity contribution in [3.05, 3.63) is 101 Å². The number of hydrogen-bond acceptors (Lipinski definition) is 10. The van der Waals surface area contributed by atoms with E-state index in [0.717, 1.165) is 95.8 Å². The lowest BCUT2D eigenvalue weighted by Crippen LogP contribution is -2.31. The smallest absolute Gasteiger partial charge is 0.227 e. The molecule has 5 heterocycles. The van der Waals surface area contributed by atoms with E-state index in [1.165, 1.54) is 6.42 Å². The van der Waals surface area contributed by atoms with Crippen molar-refractivity contribution < 1.29 is 9.47 Å². The molecule has 240 valence electrons. The average molecular weight is 649 g/mol. The molecule has 0 unspecified atom stereocenters. The molecule has 10 nitrogen and oxygen atoms in total. The van der Waals surface area contributed by atoms with Crippen LogP contribution in [0.2, 0.25) is 5.15 Å².